The van der Waals surface area contributed by atoms with Gasteiger partial charge in [0.05, 0.1) is 28.9 Å². The minimum atomic E-state index is -3.06. The third-order valence-electron chi connectivity index (χ3n) is 7.30. The maximum absolute atomic E-state index is 13.3. The van der Waals surface area contributed by atoms with E-state index >= 15 is 0 Å². The first-order chi connectivity index (χ1) is 23.6. The number of ether oxygens (including phenoxy) is 4. The molecule has 4 rings (SSSR count). The lowest BCUT2D eigenvalue weighted by Crippen LogP contribution is -2.36. The number of alkyl halides is 2. The van der Waals surface area contributed by atoms with Crippen molar-refractivity contribution in [2.75, 3.05) is 31.0 Å². The first-order valence-electron chi connectivity index (χ1n) is 15.6. The minimum Gasteiger partial charge on any atom is -0.489 e. The van der Waals surface area contributed by atoms with Crippen molar-refractivity contribution in [3.05, 3.63) is 81.6 Å². The van der Waals surface area contributed by atoms with Crippen molar-refractivity contribution in [1.29, 1.82) is 0 Å². The van der Waals surface area contributed by atoms with Gasteiger partial charge in [0.25, 0.3) is 11.3 Å². The third-order valence-corrected chi connectivity index (χ3v) is 8.67. The van der Waals surface area contributed by atoms with E-state index in [1.807, 2.05) is 0 Å². The molecule has 2 aromatic carbocycles. The van der Waals surface area contributed by atoms with Gasteiger partial charge in [-0.3, -0.25) is 28.3 Å². The number of esters is 2. The van der Waals surface area contributed by atoms with E-state index in [0.717, 1.165) is 22.7 Å². The number of benzene rings is 2. The number of hydrogen-bond acceptors (Lipinski definition) is 9. The zero-order valence-corrected chi connectivity index (χ0v) is 30.3. The standard InChI is InChI=1S/C34H39Cl2F2N3O8S/c1-34(2,3)49-32(43)19-41(50(44)45)24-10-7-21(8-11-24)17-40(4)18-31(42)47-29(14-25-26(35)15-39-16-27(25)36)23-9-12-28(48-33(37)38)30(13-23)46-20-22-5-6-22/h7-13,15-16,22,29,33H,5-6,14,17-20H2,1-4H3,(H,44,45). The fourth-order valence-corrected chi connectivity index (χ4v) is 5.89. The van der Waals surface area contributed by atoms with Gasteiger partial charge < -0.3 is 18.9 Å². The van der Waals surface area contributed by atoms with Gasteiger partial charge in [-0.2, -0.15) is 8.78 Å². The summed E-state index contributed by atoms with van der Waals surface area (Å²) in [5.74, 6) is -0.963. The average molecular weight is 759 g/mol. The zero-order valence-electron chi connectivity index (χ0n) is 27.9. The Hall–Kier alpha value is -3.56. The summed E-state index contributed by atoms with van der Waals surface area (Å²) in [4.78, 5) is 31.3. The van der Waals surface area contributed by atoms with Gasteiger partial charge in [-0.15, -0.1) is 0 Å². The van der Waals surface area contributed by atoms with Crippen LogP contribution in [0.25, 0.3) is 0 Å². The van der Waals surface area contributed by atoms with Crippen LogP contribution in [0.3, 0.4) is 0 Å². The molecular weight excluding hydrogens is 719 g/mol. The summed E-state index contributed by atoms with van der Waals surface area (Å²) in [6.45, 7) is 2.10. The van der Waals surface area contributed by atoms with Crippen molar-refractivity contribution in [3.63, 3.8) is 0 Å². The second-order valence-corrected chi connectivity index (χ2v) is 14.5. The molecule has 1 aliphatic rings. The summed E-state index contributed by atoms with van der Waals surface area (Å²) in [5, 5.41) is 0.522. The second-order valence-electron chi connectivity index (χ2n) is 12.8. The van der Waals surface area contributed by atoms with Gasteiger partial charge >= 0.3 is 18.6 Å². The van der Waals surface area contributed by atoms with Gasteiger partial charge in [0.2, 0.25) is 0 Å². The van der Waals surface area contributed by atoms with Crippen LogP contribution in [0, 0.1) is 5.92 Å². The van der Waals surface area contributed by atoms with Crippen molar-refractivity contribution < 1.29 is 46.1 Å². The molecule has 272 valence electrons. The fraction of sp³-hybridized carbons (Fsp3) is 0.441. The van der Waals surface area contributed by atoms with Crippen molar-refractivity contribution in [3.8, 4) is 11.5 Å². The first kappa shape index (κ1) is 39.2. The smallest absolute Gasteiger partial charge is 0.387 e. The van der Waals surface area contributed by atoms with Crippen molar-refractivity contribution in [2.24, 2.45) is 5.92 Å². The number of nitrogens with zero attached hydrogens (tertiary/aromatic N) is 3. The van der Waals surface area contributed by atoms with Crippen LogP contribution in [-0.2, 0) is 43.3 Å². The number of pyridine rings is 1. The van der Waals surface area contributed by atoms with Crippen LogP contribution in [0.1, 0.15) is 56.4 Å². The highest BCUT2D eigenvalue weighted by molar-refractivity contribution is 7.80. The third kappa shape index (κ3) is 12.3. The molecule has 0 aliphatic heterocycles. The summed E-state index contributed by atoms with van der Waals surface area (Å²) >= 11 is 10.3. The van der Waals surface area contributed by atoms with Crippen molar-refractivity contribution >= 4 is 52.1 Å². The highest BCUT2D eigenvalue weighted by Gasteiger charge is 2.27. The highest BCUT2D eigenvalue weighted by atomic mass is 35.5. The fourth-order valence-electron chi connectivity index (χ4n) is 4.85. The summed E-state index contributed by atoms with van der Waals surface area (Å²) < 4.78 is 70.8. The number of carbonyl (C=O) groups is 2. The predicted octanol–water partition coefficient (Wildman–Crippen LogP) is 7.02. The Morgan fingerprint density at radius 1 is 1.02 bits per heavy atom. The van der Waals surface area contributed by atoms with E-state index in [2.05, 4.69) is 9.72 Å². The summed E-state index contributed by atoms with van der Waals surface area (Å²) in [7, 11) is 1.71. The Balaban J connectivity index is 1.47. The van der Waals surface area contributed by atoms with Gasteiger partial charge in [-0.25, -0.2) is 4.21 Å². The summed E-state index contributed by atoms with van der Waals surface area (Å²) in [6.07, 6.45) is 3.92. The number of likely N-dealkylation sites (N-methyl/N-ethyl adjacent to an activating group) is 1. The summed E-state index contributed by atoms with van der Waals surface area (Å²) in [5.41, 5.74) is 1.27. The molecule has 1 N–H and O–H groups in total. The van der Waals surface area contributed by atoms with Crippen LogP contribution in [0.15, 0.2) is 54.9 Å². The largest absolute Gasteiger partial charge is 0.489 e. The Kier molecular flexibility index (Phi) is 13.8. The molecule has 2 atom stereocenters. The molecule has 0 spiro atoms. The Morgan fingerprint density at radius 3 is 2.26 bits per heavy atom. The molecule has 1 aromatic heterocycles. The van der Waals surface area contributed by atoms with Gasteiger partial charge in [0.15, 0.2) is 11.5 Å². The van der Waals surface area contributed by atoms with Gasteiger partial charge in [0, 0.05) is 25.4 Å². The quantitative estimate of drug-likeness (QED) is 0.113. The van der Waals surface area contributed by atoms with E-state index in [1.165, 1.54) is 30.6 Å². The maximum atomic E-state index is 13.3. The molecule has 3 aromatic rings. The lowest BCUT2D eigenvalue weighted by Gasteiger charge is -2.24. The van der Waals surface area contributed by atoms with E-state index in [-0.39, 0.29) is 34.5 Å². The predicted molar refractivity (Wildman–Crippen MR) is 185 cm³/mol. The monoisotopic (exact) mass is 757 g/mol. The van der Waals surface area contributed by atoms with Crippen LogP contribution in [-0.4, -0.2) is 69.5 Å². The molecule has 2 unspecified atom stereocenters. The molecule has 50 heavy (non-hydrogen) atoms. The minimum absolute atomic E-state index is 0.0558. The molecular formula is C34H39Cl2F2N3O8S. The van der Waals surface area contributed by atoms with Gasteiger partial charge in [-0.05, 0) is 87.5 Å². The number of anilines is 1. The number of aromatic nitrogens is 1. The average Bonchev–Trinajstić information content (AvgIpc) is 3.84. The number of rotatable bonds is 17. The lowest BCUT2D eigenvalue weighted by atomic mass is 10.0. The Morgan fingerprint density at radius 2 is 1.68 bits per heavy atom. The molecule has 0 saturated heterocycles. The van der Waals surface area contributed by atoms with E-state index < -0.39 is 48.1 Å². The summed E-state index contributed by atoms with van der Waals surface area (Å²) in [6, 6.07) is 10.9. The molecule has 1 heterocycles. The van der Waals surface area contributed by atoms with Crippen LogP contribution < -0.4 is 13.8 Å². The SMILES string of the molecule is CN(CC(=O)OC(Cc1c(Cl)cncc1Cl)c1ccc(OC(F)F)c(OCC2CC2)c1)Cc1ccc(N(CC(=O)OC(C)(C)C)S(=O)O)cc1. The van der Waals surface area contributed by atoms with Crippen LogP contribution in [0.2, 0.25) is 10.0 Å². The zero-order chi connectivity index (χ0) is 36.6. The second kappa shape index (κ2) is 17.6. The van der Waals surface area contributed by atoms with Gasteiger partial charge in [-0.1, -0.05) is 41.4 Å². The first-order valence-corrected chi connectivity index (χ1v) is 17.5. The Labute approximate surface area is 302 Å². The Bertz CT molecular complexity index is 1640. The van der Waals surface area contributed by atoms with Crippen LogP contribution in [0.5, 0.6) is 11.5 Å². The molecule has 1 saturated carbocycles. The van der Waals surface area contributed by atoms with E-state index in [9.17, 15) is 27.1 Å². The van der Waals surface area contributed by atoms with E-state index in [1.54, 1.807) is 57.0 Å². The van der Waals surface area contributed by atoms with E-state index in [4.69, 9.17) is 37.4 Å². The molecule has 1 fully saturated rings. The molecule has 11 nitrogen and oxygen atoms in total. The van der Waals surface area contributed by atoms with E-state index in [0.29, 0.717) is 35.9 Å². The van der Waals surface area contributed by atoms with Crippen LogP contribution >= 0.6 is 23.2 Å². The lowest BCUT2D eigenvalue weighted by molar-refractivity contribution is -0.153. The normalized spacial score (nSPS) is 14.3. The van der Waals surface area contributed by atoms with Gasteiger partial charge in [0.1, 0.15) is 18.2 Å². The maximum Gasteiger partial charge on any atom is 0.387 e. The highest BCUT2D eigenvalue weighted by Crippen LogP contribution is 2.38. The van der Waals surface area contributed by atoms with Crippen molar-refractivity contribution in [1.82, 2.24) is 9.88 Å². The molecule has 0 radical (unpaired) electrons. The molecule has 0 amide bonds. The molecule has 0 bridgehead atoms. The molecule has 16 heteroatoms. The topological polar surface area (TPSA) is 128 Å². The number of carbonyl (C=O) groups excluding carboxylic acids is 2. The number of halogens is 4. The molecule has 1 aliphatic carbocycles. The van der Waals surface area contributed by atoms with Crippen molar-refractivity contribution in [2.45, 2.75) is 64.9 Å². The van der Waals surface area contributed by atoms with Crippen LogP contribution in [0.4, 0.5) is 14.5 Å². The number of hydrogen-bond donors (Lipinski definition) is 1.